The van der Waals surface area contributed by atoms with E-state index in [-0.39, 0.29) is 61.7 Å². The van der Waals surface area contributed by atoms with Crippen molar-refractivity contribution in [3.05, 3.63) is 0 Å². The Morgan fingerprint density at radius 2 is 0.839 bits per heavy atom. The first-order valence-corrected chi connectivity index (χ1v) is 20.2. The van der Waals surface area contributed by atoms with Gasteiger partial charge in [-0.1, -0.05) is 69.2 Å². The molecule has 1 unspecified atom stereocenters. The van der Waals surface area contributed by atoms with Gasteiger partial charge in [0.1, 0.15) is 48.4 Å². The van der Waals surface area contributed by atoms with Gasteiger partial charge in [-0.25, -0.2) is 4.79 Å². The Morgan fingerprint density at radius 3 is 1.20 bits per heavy atom. The third kappa shape index (κ3) is 18.1. The number of esters is 1. The number of carbonyl (C=O) groups excluding carboxylic acids is 8. The third-order valence-electron chi connectivity index (χ3n) is 9.14. The molecule has 0 bridgehead atoms. The molecule has 0 saturated carbocycles. The lowest BCUT2D eigenvalue weighted by molar-refractivity contribution is -0.155. The lowest BCUT2D eigenvalue weighted by Crippen LogP contribution is -2.61. The van der Waals surface area contributed by atoms with Crippen molar-refractivity contribution >= 4 is 47.3 Å². The number of hydrogen-bond acceptors (Lipinski definition) is 9. The molecule has 16 nitrogen and oxygen atoms in total. The summed E-state index contributed by atoms with van der Waals surface area (Å²) in [4.78, 5) is 109. The molecule has 0 radical (unpaired) electrons. The Bertz CT molecular complexity index is 1370. The molecule has 1 aliphatic heterocycles. The summed E-state index contributed by atoms with van der Waals surface area (Å²) in [6, 6.07) is -8.20. The Morgan fingerprint density at radius 1 is 0.500 bits per heavy atom. The van der Waals surface area contributed by atoms with Crippen LogP contribution >= 0.6 is 0 Å². The van der Waals surface area contributed by atoms with Gasteiger partial charge in [-0.05, 0) is 82.5 Å². The highest BCUT2D eigenvalue weighted by atomic mass is 16.5. The number of cyclic esters (lactones) is 1. The van der Waals surface area contributed by atoms with Gasteiger partial charge in [0.25, 0.3) is 0 Å². The van der Waals surface area contributed by atoms with Gasteiger partial charge in [0.15, 0.2) is 0 Å². The summed E-state index contributed by atoms with van der Waals surface area (Å²) in [5.74, 6) is -5.46. The van der Waals surface area contributed by atoms with E-state index < -0.39 is 95.7 Å². The number of hydrogen-bond donors (Lipinski definition) is 7. The van der Waals surface area contributed by atoms with Crippen LogP contribution in [0, 0.1) is 29.6 Å². The second-order valence-corrected chi connectivity index (χ2v) is 17.3. The Hall–Kier alpha value is -4.24. The summed E-state index contributed by atoms with van der Waals surface area (Å²) in [6.45, 7) is 23.1. The summed E-state index contributed by atoms with van der Waals surface area (Å²) in [5.41, 5.74) is 0. The van der Waals surface area contributed by atoms with Crippen molar-refractivity contribution in [2.45, 2.75) is 177 Å². The fourth-order valence-corrected chi connectivity index (χ4v) is 6.08. The predicted octanol–water partition coefficient (Wildman–Crippen LogP) is 1.99. The van der Waals surface area contributed by atoms with Crippen molar-refractivity contribution in [3.63, 3.8) is 0 Å². The lowest BCUT2D eigenvalue weighted by Gasteiger charge is -2.30. The first kappa shape index (κ1) is 49.8. The van der Waals surface area contributed by atoms with Gasteiger partial charge < -0.3 is 42.0 Å². The highest BCUT2D eigenvalue weighted by Gasteiger charge is 2.36. The summed E-state index contributed by atoms with van der Waals surface area (Å²) in [6.07, 6.45) is 0.219. The molecule has 7 amide bonds. The summed E-state index contributed by atoms with van der Waals surface area (Å²) < 4.78 is 5.60. The summed E-state index contributed by atoms with van der Waals surface area (Å²) in [7, 11) is 0. The van der Waals surface area contributed by atoms with Crippen LogP contribution in [0.15, 0.2) is 0 Å². The van der Waals surface area contributed by atoms with Crippen molar-refractivity contribution in [3.8, 4) is 0 Å². The van der Waals surface area contributed by atoms with E-state index in [1.54, 1.807) is 0 Å². The van der Waals surface area contributed by atoms with Crippen molar-refractivity contribution in [1.82, 2.24) is 37.2 Å². The molecule has 16 heteroatoms. The average molecular weight is 794 g/mol. The van der Waals surface area contributed by atoms with Crippen molar-refractivity contribution in [2.75, 3.05) is 0 Å². The molecule has 1 fully saturated rings. The van der Waals surface area contributed by atoms with Gasteiger partial charge in [-0.2, -0.15) is 0 Å². The minimum absolute atomic E-state index is 0.0474. The number of nitrogens with one attached hydrogen (secondary N) is 7. The van der Waals surface area contributed by atoms with Gasteiger partial charge in [0.05, 0.1) is 0 Å². The molecular weight excluding hydrogens is 722 g/mol. The van der Waals surface area contributed by atoms with E-state index in [0.29, 0.717) is 6.42 Å². The van der Waals surface area contributed by atoms with Crippen LogP contribution in [0.2, 0.25) is 0 Å². The molecular formula is C40H71N7O9. The van der Waals surface area contributed by atoms with Crippen molar-refractivity contribution < 1.29 is 43.1 Å². The van der Waals surface area contributed by atoms with Crippen LogP contribution < -0.4 is 37.2 Å². The quantitative estimate of drug-likeness (QED) is 0.143. The summed E-state index contributed by atoms with van der Waals surface area (Å²) >= 11 is 0. The molecule has 0 aromatic carbocycles. The maximum absolute atomic E-state index is 13.9. The molecule has 0 aromatic heterocycles. The minimum Gasteiger partial charge on any atom is -0.458 e. The number of amides is 7. The van der Waals surface area contributed by atoms with Gasteiger partial charge in [-0.3, -0.25) is 33.6 Å². The molecule has 0 spiro atoms. The number of rotatable bonds is 12. The van der Waals surface area contributed by atoms with Gasteiger partial charge in [-0.15, -0.1) is 0 Å². The Balaban J connectivity index is 3.75. The molecule has 1 saturated heterocycles. The van der Waals surface area contributed by atoms with Crippen LogP contribution in [0.3, 0.4) is 0 Å². The molecule has 8 atom stereocenters. The van der Waals surface area contributed by atoms with E-state index in [1.165, 1.54) is 20.8 Å². The number of ether oxygens (including phenoxy) is 1. The maximum atomic E-state index is 13.9. The Labute approximate surface area is 333 Å². The SMILES string of the molecule is CC(C)CCC(=O)NC1C(=O)N[C@@H](C)C(=O)N[C@@H](CC(C)C)C(=O)N[C@H](CC(C)C)C(=O)N[C@H](CC(C)C)C(=O)N[C@@H](CC(C)C)C(=O)N[C@@H](C)C(=O)O[C@@H]1C. The fourth-order valence-electron chi connectivity index (χ4n) is 6.08. The molecule has 0 aliphatic carbocycles. The van der Waals surface area contributed by atoms with E-state index >= 15 is 0 Å². The van der Waals surface area contributed by atoms with Crippen LogP contribution in [-0.2, 0) is 43.1 Å². The second-order valence-electron chi connectivity index (χ2n) is 17.3. The van der Waals surface area contributed by atoms with Crippen LogP contribution in [0.4, 0.5) is 0 Å². The fraction of sp³-hybridized carbons (Fsp3) is 0.800. The van der Waals surface area contributed by atoms with Crippen LogP contribution in [0.5, 0.6) is 0 Å². The normalized spacial score (nSPS) is 27.1. The monoisotopic (exact) mass is 794 g/mol. The largest absolute Gasteiger partial charge is 0.458 e. The average Bonchev–Trinajstić information content (AvgIpc) is 3.06. The minimum atomic E-state index is -1.43. The van der Waals surface area contributed by atoms with E-state index in [1.807, 2.05) is 69.2 Å². The zero-order chi connectivity index (χ0) is 43.0. The van der Waals surface area contributed by atoms with E-state index in [9.17, 15) is 38.4 Å². The lowest BCUT2D eigenvalue weighted by atomic mass is 9.98. The van der Waals surface area contributed by atoms with Crippen molar-refractivity contribution in [2.24, 2.45) is 29.6 Å². The van der Waals surface area contributed by atoms with Gasteiger partial charge >= 0.3 is 5.97 Å². The first-order valence-electron chi connectivity index (χ1n) is 20.2. The highest BCUT2D eigenvalue weighted by molar-refractivity contribution is 5.97. The van der Waals surface area contributed by atoms with Crippen LogP contribution in [-0.4, -0.2) is 95.7 Å². The maximum Gasteiger partial charge on any atom is 0.328 e. The second kappa shape index (κ2) is 23.7. The Kier molecular flexibility index (Phi) is 21.1. The predicted molar refractivity (Wildman–Crippen MR) is 212 cm³/mol. The summed E-state index contributed by atoms with van der Waals surface area (Å²) in [5, 5.41) is 18.8. The van der Waals surface area contributed by atoms with Crippen molar-refractivity contribution in [1.29, 1.82) is 0 Å². The van der Waals surface area contributed by atoms with Gasteiger partial charge in [0, 0.05) is 6.42 Å². The van der Waals surface area contributed by atoms with Gasteiger partial charge in [0.2, 0.25) is 41.4 Å². The third-order valence-corrected chi connectivity index (χ3v) is 9.14. The smallest absolute Gasteiger partial charge is 0.328 e. The topological polar surface area (TPSA) is 230 Å². The molecule has 56 heavy (non-hydrogen) atoms. The zero-order valence-electron chi connectivity index (χ0n) is 35.9. The molecule has 1 aliphatic rings. The van der Waals surface area contributed by atoms with E-state index in [4.69, 9.17) is 4.74 Å². The van der Waals surface area contributed by atoms with E-state index in [2.05, 4.69) is 37.2 Å². The van der Waals surface area contributed by atoms with Crippen LogP contribution in [0.1, 0.15) is 129 Å². The van der Waals surface area contributed by atoms with Crippen LogP contribution in [0.25, 0.3) is 0 Å². The number of carbonyl (C=O) groups is 8. The van der Waals surface area contributed by atoms with E-state index in [0.717, 1.165) is 0 Å². The molecule has 7 N–H and O–H groups in total. The highest BCUT2D eigenvalue weighted by Crippen LogP contribution is 2.14. The zero-order valence-corrected chi connectivity index (χ0v) is 35.9. The standard InChI is InChI=1S/C40H71N7O9/c1-20(2)14-15-32(48)47-33-27(13)56-40(55)26(12)42-35(50)28(16-21(3)4)44-37(52)30(18-23(7)8)46-38(53)31(19-24(9)10)45-36(51)29(17-22(5)6)43-34(49)25(11)41-39(33)54/h20-31,33H,14-19H2,1-13H3,(H,41,54)(H,42,50)(H,43,49)(H,44,52)(H,45,51)(H,46,53)(H,47,48)/t25-,26-,27+,28-,29-,30+,31+,33?/m0/s1. The first-order chi connectivity index (χ1) is 25.9. The molecule has 0 aromatic rings. The molecule has 320 valence electrons. The molecule has 1 heterocycles. The molecule has 1 rings (SSSR count).